The van der Waals surface area contributed by atoms with Crippen molar-refractivity contribution in [3.63, 3.8) is 0 Å². The van der Waals surface area contributed by atoms with E-state index < -0.39 is 5.97 Å². The SMILES string of the molecule is Cc1onc(-c2ccccn2)c1CCOC(=O)c1c(-c2ccccn2)noc1C. The molecule has 0 atom stereocenters. The summed E-state index contributed by atoms with van der Waals surface area (Å²) in [6.45, 7) is 3.63. The number of rotatable bonds is 6. The summed E-state index contributed by atoms with van der Waals surface area (Å²) in [5, 5.41) is 8.05. The van der Waals surface area contributed by atoms with Crippen LogP contribution in [0.2, 0.25) is 0 Å². The van der Waals surface area contributed by atoms with Gasteiger partial charge in [-0.3, -0.25) is 9.97 Å². The van der Waals surface area contributed by atoms with Gasteiger partial charge in [-0.25, -0.2) is 4.79 Å². The topological polar surface area (TPSA) is 104 Å². The van der Waals surface area contributed by atoms with E-state index in [2.05, 4.69) is 20.3 Å². The van der Waals surface area contributed by atoms with Crippen molar-refractivity contribution in [3.05, 3.63) is 71.4 Å². The van der Waals surface area contributed by atoms with Gasteiger partial charge in [-0.2, -0.15) is 0 Å². The number of hydrogen-bond donors (Lipinski definition) is 0. The molecule has 4 heterocycles. The van der Waals surface area contributed by atoms with Crippen molar-refractivity contribution in [2.24, 2.45) is 0 Å². The Morgan fingerprint density at radius 2 is 1.52 bits per heavy atom. The number of esters is 1. The highest BCUT2D eigenvalue weighted by molar-refractivity contribution is 5.96. The van der Waals surface area contributed by atoms with Gasteiger partial charge in [0.15, 0.2) is 0 Å². The zero-order chi connectivity index (χ0) is 20.2. The van der Waals surface area contributed by atoms with E-state index in [0.29, 0.717) is 40.7 Å². The van der Waals surface area contributed by atoms with Crippen molar-refractivity contribution in [2.45, 2.75) is 20.3 Å². The molecule has 0 aromatic carbocycles. The lowest BCUT2D eigenvalue weighted by atomic mass is 10.1. The third kappa shape index (κ3) is 3.77. The van der Waals surface area contributed by atoms with Gasteiger partial charge in [0, 0.05) is 24.4 Å². The second kappa shape index (κ2) is 8.05. The number of ether oxygens (including phenoxy) is 1. The second-order valence-electron chi connectivity index (χ2n) is 6.34. The Morgan fingerprint density at radius 3 is 2.17 bits per heavy atom. The summed E-state index contributed by atoms with van der Waals surface area (Å²) in [6, 6.07) is 10.9. The van der Waals surface area contributed by atoms with Gasteiger partial charge in [-0.15, -0.1) is 0 Å². The molecule has 0 aliphatic rings. The number of nitrogens with zero attached hydrogens (tertiary/aromatic N) is 4. The van der Waals surface area contributed by atoms with Crippen LogP contribution in [-0.2, 0) is 11.2 Å². The van der Waals surface area contributed by atoms with E-state index in [9.17, 15) is 4.79 Å². The fraction of sp³-hybridized carbons (Fsp3) is 0.190. The van der Waals surface area contributed by atoms with Crippen LogP contribution in [-0.4, -0.2) is 32.9 Å². The van der Waals surface area contributed by atoms with Gasteiger partial charge in [-0.05, 0) is 38.1 Å². The van der Waals surface area contributed by atoms with E-state index in [1.807, 2.05) is 31.2 Å². The molecule has 0 N–H and O–H groups in total. The molecule has 0 amide bonds. The van der Waals surface area contributed by atoms with Crippen LogP contribution < -0.4 is 0 Å². The summed E-state index contributed by atoms with van der Waals surface area (Å²) in [5.41, 5.74) is 3.39. The molecule has 4 rings (SSSR count). The number of pyridine rings is 2. The Balaban J connectivity index is 1.49. The smallest absolute Gasteiger partial charge is 0.344 e. The number of carbonyl (C=O) groups excluding carboxylic acids is 1. The number of aryl methyl sites for hydroxylation is 2. The van der Waals surface area contributed by atoms with Crippen LogP contribution in [0, 0.1) is 13.8 Å². The Kier molecular flexibility index (Phi) is 5.15. The molecule has 0 unspecified atom stereocenters. The summed E-state index contributed by atoms with van der Waals surface area (Å²) >= 11 is 0. The second-order valence-corrected chi connectivity index (χ2v) is 6.34. The van der Waals surface area contributed by atoms with E-state index in [-0.39, 0.29) is 12.2 Å². The summed E-state index contributed by atoms with van der Waals surface area (Å²) in [7, 11) is 0. The average molecular weight is 390 g/mol. The molecule has 8 heteroatoms. The van der Waals surface area contributed by atoms with Gasteiger partial charge in [-0.1, -0.05) is 22.4 Å². The van der Waals surface area contributed by atoms with E-state index in [1.165, 1.54) is 0 Å². The van der Waals surface area contributed by atoms with Crippen molar-refractivity contribution in [2.75, 3.05) is 6.61 Å². The fourth-order valence-corrected chi connectivity index (χ4v) is 3.00. The van der Waals surface area contributed by atoms with Crippen molar-refractivity contribution in [1.29, 1.82) is 0 Å². The molecule has 146 valence electrons. The maximum absolute atomic E-state index is 12.7. The molecule has 0 spiro atoms. The third-order valence-corrected chi connectivity index (χ3v) is 4.45. The summed E-state index contributed by atoms with van der Waals surface area (Å²) < 4.78 is 16.0. The summed E-state index contributed by atoms with van der Waals surface area (Å²) in [6.07, 6.45) is 3.76. The van der Waals surface area contributed by atoms with E-state index in [1.54, 1.807) is 31.5 Å². The van der Waals surface area contributed by atoms with E-state index in [4.69, 9.17) is 13.8 Å². The minimum atomic E-state index is -0.516. The molecular weight excluding hydrogens is 372 g/mol. The van der Waals surface area contributed by atoms with Crippen molar-refractivity contribution in [1.82, 2.24) is 20.3 Å². The molecule has 4 aromatic rings. The van der Waals surface area contributed by atoms with Crippen molar-refractivity contribution >= 4 is 5.97 Å². The first-order valence-corrected chi connectivity index (χ1v) is 9.06. The van der Waals surface area contributed by atoms with E-state index >= 15 is 0 Å². The van der Waals surface area contributed by atoms with Crippen LogP contribution in [0.25, 0.3) is 22.8 Å². The zero-order valence-corrected chi connectivity index (χ0v) is 16.0. The Labute approximate surface area is 166 Å². The molecule has 8 nitrogen and oxygen atoms in total. The molecule has 4 aromatic heterocycles. The molecule has 0 fully saturated rings. The Hall–Kier alpha value is -3.81. The molecule has 0 aliphatic heterocycles. The van der Waals surface area contributed by atoms with Gasteiger partial charge in [0.2, 0.25) is 0 Å². The van der Waals surface area contributed by atoms with Crippen LogP contribution in [0.1, 0.15) is 27.4 Å². The minimum absolute atomic E-state index is 0.146. The normalized spacial score (nSPS) is 10.8. The monoisotopic (exact) mass is 390 g/mol. The molecule has 29 heavy (non-hydrogen) atoms. The van der Waals surface area contributed by atoms with Crippen LogP contribution in [0.3, 0.4) is 0 Å². The highest BCUT2D eigenvalue weighted by Crippen LogP contribution is 2.26. The lowest BCUT2D eigenvalue weighted by Crippen LogP contribution is -2.10. The van der Waals surface area contributed by atoms with Gasteiger partial charge in [0.25, 0.3) is 0 Å². The first-order chi connectivity index (χ1) is 14.1. The number of carbonyl (C=O) groups is 1. The van der Waals surface area contributed by atoms with Gasteiger partial charge < -0.3 is 13.8 Å². The number of aromatic nitrogens is 4. The molecule has 0 saturated carbocycles. The lowest BCUT2D eigenvalue weighted by Gasteiger charge is -2.06. The highest BCUT2D eigenvalue weighted by atomic mass is 16.5. The van der Waals surface area contributed by atoms with Gasteiger partial charge in [0.1, 0.15) is 28.5 Å². The standard InChI is InChI=1S/C21H18N4O4/c1-13-15(19(24-28-13)16-7-3-5-10-22-16)9-12-27-21(26)18-14(2)29-25-20(18)17-8-4-6-11-23-17/h3-8,10-11H,9,12H2,1-2H3. The fourth-order valence-electron chi connectivity index (χ4n) is 3.00. The predicted molar refractivity (Wildman–Crippen MR) is 103 cm³/mol. The summed E-state index contributed by atoms with van der Waals surface area (Å²) in [5.74, 6) is 0.529. The van der Waals surface area contributed by atoms with Crippen LogP contribution in [0.4, 0.5) is 0 Å². The molecule has 0 saturated heterocycles. The van der Waals surface area contributed by atoms with Gasteiger partial charge >= 0.3 is 5.97 Å². The van der Waals surface area contributed by atoms with E-state index in [0.717, 1.165) is 5.56 Å². The Bertz CT molecular complexity index is 1120. The Morgan fingerprint density at radius 1 is 0.897 bits per heavy atom. The maximum atomic E-state index is 12.7. The minimum Gasteiger partial charge on any atom is -0.462 e. The largest absolute Gasteiger partial charge is 0.462 e. The third-order valence-electron chi connectivity index (χ3n) is 4.45. The van der Waals surface area contributed by atoms with Crippen LogP contribution in [0.15, 0.2) is 57.8 Å². The van der Waals surface area contributed by atoms with Crippen LogP contribution in [0.5, 0.6) is 0 Å². The lowest BCUT2D eigenvalue weighted by molar-refractivity contribution is 0.0507. The van der Waals surface area contributed by atoms with Crippen molar-refractivity contribution in [3.8, 4) is 22.8 Å². The molecule has 0 bridgehead atoms. The summed E-state index contributed by atoms with van der Waals surface area (Å²) in [4.78, 5) is 21.2. The first-order valence-electron chi connectivity index (χ1n) is 9.06. The van der Waals surface area contributed by atoms with Gasteiger partial charge in [0.05, 0.1) is 18.0 Å². The van der Waals surface area contributed by atoms with Crippen molar-refractivity contribution < 1.29 is 18.6 Å². The highest BCUT2D eigenvalue weighted by Gasteiger charge is 2.24. The van der Waals surface area contributed by atoms with Crippen LogP contribution >= 0.6 is 0 Å². The average Bonchev–Trinajstić information content (AvgIpc) is 3.32. The maximum Gasteiger partial charge on any atom is 0.344 e. The quantitative estimate of drug-likeness (QED) is 0.458. The predicted octanol–water partition coefficient (Wildman–Crippen LogP) is 3.80. The molecule has 0 aliphatic carbocycles. The zero-order valence-electron chi connectivity index (χ0n) is 16.0. The number of hydrogen-bond acceptors (Lipinski definition) is 8. The first kappa shape index (κ1) is 18.5. The molecular formula is C21H18N4O4. The molecule has 0 radical (unpaired) electrons.